The van der Waals surface area contributed by atoms with E-state index in [0.717, 1.165) is 16.9 Å². The molecule has 0 radical (unpaired) electrons. The van der Waals surface area contributed by atoms with Crippen LogP contribution in [0.15, 0.2) is 32.0 Å². The van der Waals surface area contributed by atoms with E-state index in [1.54, 1.807) is 12.1 Å². The summed E-state index contributed by atoms with van der Waals surface area (Å²) in [4.78, 5) is 16.7. The zero-order chi connectivity index (χ0) is 15.1. The predicted octanol–water partition coefficient (Wildman–Crippen LogP) is 2.43. The van der Waals surface area contributed by atoms with Crippen LogP contribution in [-0.2, 0) is 6.54 Å². The lowest BCUT2D eigenvalue weighted by atomic mass is 10.1. The summed E-state index contributed by atoms with van der Waals surface area (Å²) in [5.41, 5.74) is 11.7. The smallest absolute Gasteiger partial charge is 0.235 e. The number of anilines is 1. The van der Waals surface area contributed by atoms with Crippen molar-refractivity contribution in [3.05, 3.63) is 38.6 Å². The van der Waals surface area contributed by atoms with E-state index < -0.39 is 11.2 Å². The molecule has 0 bridgehead atoms. The monoisotopic (exact) mass is 367 g/mol. The van der Waals surface area contributed by atoms with Crippen molar-refractivity contribution >= 4 is 43.4 Å². The molecule has 108 valence electrons. The maximum Gasteiger partial charge on any atom is 0.235 e. The Bertz CT molecular complexity index is 904. The summed E-state index contributed by atoms with van der Waals surface area (Å²) in [5.74, 6) is -0.407. The van der Waals surface area contributed by atoms with Gasteiger partial charge in [-0.1, -0.05) is 11.3 Å². The van der Waals surface area contributed by atoms with E-state index >= 15 is 0 Å². The van der Waals surface area contributed by atoms with E-state index in [2.05, 4.69) is 20.9 Å². The van der Waals surface area contributed by atoms with Crippen LogP contribution in [0.3, 0.4) is 0 Å². The van der Waals surface area contributed by atoms with E-state index in [-0.39, 0.29) is 17.7 Å². The SMILES string of the molecule is NCc1cc(Br)c2oc(-c3cnc(N)s3)c(O)c(=O)c2c1. The molecule has 2 heterocycles. The second kappa shape index (κ2) is 5.14. The third-order valence-corrected chi connectivity index (χ3v) is 4.38. The summed E-state index contributed by atoms with van der Waals surface area (Å²) < 4.78 is 6.27. The Hall–Kier alpha value is -1.90. The third kappa shape index (κ3) is 2.31. The van der Waals surface area contributed by atoms with Gasteiger partial charge in [0.2, 0.25) is 11.2 Å². The fourth-order valence-corrected chi connectivity index (χ4v) is 3.24. The number of fused-ring (bicyclic) bond motifs is 1. The Morgan fingerprint density at radius 3 is 2.81 bits per heavy atom. The molecule has 1 aromatic carbocycles. The van der Waals surface area contributed by atoms with Crippen LogP contribution in [0, 0.1) is 0 Å². The van der Waals surface area contributed by atoms with Gasteiger partial charge in [0.05, 0.1) is 20.9 Å². The van der Waals surface area contributed by atoms with Gasteiger partial charge in [-0.25, -0.2) is 4.98 Å². The molecule has 21 heavy (non-hydrogen) atoms. The first-order valence-electron chi connectivity index (χ1n) is 5.91. The van der Waals surface area contributed by atoms with Gasteiger partial charge in [-0.15, -0.1) is 0 Å². The molecule has 6 nitrogen and oxygen atoms in total. The van der Waals surface area contributed by atoms with Gasteiger partial charge in [-0.05, 0) is 33.6 Å². The highest BCUT2D eigenvalue weighted by atomic mass is 79.9. The van der Waals surface area contributed by atoms with E-state index in [1.165, 1.54) is 6.20 Å². The van der Waals surface area contributed by atoms with Crippen molar-refractivity contribution in [2.75, 3.05) is 5.73 Å². The van der Waals surface area contributed by atoms with Crippen LogP contribution in [0.1, 0.15) is 5.56 Å². The van der Waals surface area contributed by atoms with E-state index in [0.29, 0.717) is 20.1 Å². The molecule has 8 heteroatoms. The van der Waals surface area contributed by atoms with Gasteiger partial charge in [-0.3, -0.25) is 4.79 Å². The number of benzene rings is 1. The molecule has 0 aliphatic rings. The summed E-state index contributed by atoms with van der Waals surface area (Å²) in [7, 11) is 0. The molecule has 0 saturated carbocycles. The second-order valence-corrected chi connectivity index (χ2v) is 6.25. The number of hydrogen-bond donors (Lipinski definition) is 3. The normalized spacial score (nSPS) is 11.1. The van der Waals surface area contributed by atoms with Crippen LogP contribution in [-0.4, -0.2) is 10.1 Å². The number of nitrogen functional groups attached to an aromatic ring is 1. The number of aromatic nitrogens is 1. The maximum atomic E-state index is 12.3. The van der Waals surface area contributed by atoms with Crippen LogP contribution in [0.25, 0.3) is 21.6 Å². The molecule has 0 fully saturated rings. The van der Waals surface area contributed by atoms with Crippen LogP contribution in [0.4, 0.5) is 5.13 Å². The Kier molecular flexibility index (Phi) is 3.44. The molecule has 3 aromatic rings. The van der Waals surface area contributed by atoms with Crippen molar-refractivity contribution in [3.8, 4) is 16.4 Å². The van der Waals surface area contributed by atoms with Gasteiger partial charge in [0, 0.05) is 6.54 Å². The first-order chi connectivity index (χ1) is 10.0. The molecule has 0 amide bonds. The van der Waals surface area contributed by atoms with E-state index in [4.69, 9.17) is 15.9 Å². The molecule has 0 aliphatic carbocycles. The molecule has 0 spiro atoms. The number of halogens is 1. The Morgan fingerprint density at radius 2 is 2.19 bits per heavy atom. The number of nitrogens with zero attached hydrogens (tertiary/aromatic N) is 1. The van der Waals surface area contributed by atoms with Crippen molar-refractivity contribution in [1.82, 2.24) is 4.98 Å². The van der Waals surface area contributed by atoms with Gasteiger partial charge < -0.3 is 21.0 Å². The van der Waals surface area contributed by atoms with Gasteiger partial charge in [0.1, 0.15) is 0 Å². The lowest BCUT2D eigenvalue weighted by molar-refractivity contribution is 0.449. The topological polar surface area (TPSA) is 115 Å². The van der Waals surface area contributed by atoms with Crippen molar-refractivity contribution in [3.63, 3.8) is 0 Å². The van der Waals surface area contributed by atoms with E-state index in [9.17, 15) is 9.90 Å². The average Bonchev–Trinajstić information content (AvgIpc) is 2.89. The number of thiazole rings is 1. The lowest BCUT2D eigenvalue weighted by Gasteiger charge is -2.07. The predicted molar refractivity (Wildman–Crippen MR) is 85.3 cm³/mol. The first kappa shape index (κ1) is 14.1. The third-order valence-electron chi connectivity index (χ3n) is 2.97. The van der Waals surface area contributed by atoms with Crippen molar-refractivity contribution in [2.24, 2.45) is 5.73 Å². The summed E-state index contributed by atoms with van der Waals surface area (Å²) in [5, 5.41) is 10.7. The standard InChI is InChI=1S/C13H10BrN3O3S/c14-7-2-5(3-15)1-6-9(18)10(19)12(20-11(6)7)8-4-17-13(16)21-8/h1-2,4,19H,3,15H2,(H2,16,17). The van der Waals surface area contributed by atoms with Crippen molar-refractivity contribution in [2.45, 2.75) is 6.54 Å². The largest absolute Gasteiger partial charge is 0.501 e. The molecule has 5 N–H and O–H groups in total. The summed E-state index contributed by atoms with van der Waals surface area (Å²) >= 11 is 4.48. The van der Waals surface area contributed by atoms with Crippen molar-refractivity contribution < 1.29 is 9.52 Å². The summed E-state index contributed by atoms with van der Waals surface area (Å²) in [6.07, 6.45) is 1.45. The maximum absolute atomic E-state index is 12.3. The number of rotatable bonds is 2. The number of nitrogens with two attached hydrogens (primary N) is 2. The summed E-state index contributed by atoms with van der Waals surface area (Å²) in [6, 6.07) is 3.38. The van der Waals surface area contributed by atoms with Gasteiger partial charge in [0.15, 0.2) is 16.5 Å². The molecule has 0 saturated heterocycles. The number of hydrogen-bond acceptors (Lipinski definition) is 7. The Balaban J connectivity index is 2.37. The zero-order valence-corrected chi connectivity index (χ0v) is 13.0. The highest BCUT2D eigenvalue weighted by molar-refractivity contribution is 9.10. The minimum atomic E-state index is -0.519. The average molecular weight is 368 g/mol. The minimum Gasteiger partial charge on any atom is -0.501 e. The fourth-order valence-electron chi connectivity index (χ4n) is 1.98. The second-order valence-electron chi connectivity index (χ2n) is 4.33. The fraction of sp³-hybridized carbons (Fsp3) is 0.0769. The van der Waals surface area contributed by atoms with Crippen LogP contribution < -0.4 is 16.9 Å². The quantitative estimate of drug-likeness (QED) is 0.640. The first-order valence-corrected chi connectivity index (χ1v) is 7.52. The highest BCUT2D eigenvalue weighted by Gasteiger charge is 2.19. The lowest BCUT2D eigenvalue weighted by Crippen LogP contribution is -2.05. The molecular formula is C13H10BrN3O3S. The van der Waals surface area contributed by atoms with Crippen LogP contribution in [0.2, 0.25) is 0 Å². The van der Waals surface area contributed by atoms with Crippen LogP contribution >= 0.6 is 27.3 Å². The van der Waals surface area contributed by atoms with Crippen LogP contribution in [0.5, 0.6) is 5.75 Å². The van der Waals surface area contributed by atoms with E-state index in [1.807, 2.05) is 0 Å². The van der Waals surface area contributed by atoms with Crippen molar-refractivity contribution in [1.29, 1.82) is 0 Å². The molecule has 2 aromatic heterocycles. The highest BCUT2D eigenvalue weighted by Crippen LogP contribution is 2.36. The zero-order valence-electron chi connectivity index (χ0n) is 10.6. The molecule has 0 unspecified atom stereocenters. The van der Waals surface area contributed by atoms with Gasteiger partial charge in [0.25, 0.3) is 0 Å². The number of aromatic hydroxyl groups is 1. The van der Waals surface area contributed by atoms with Gasteiger partial charge in [-0.2, -0.15) is 0 Å². The Labute approximate surface area is 131 Å². The molecular weight excluding hydrogens is 358 g/mol. The molecule has 0 atom stereocenters. The van der Waals surface area contributed by atoms with Gasteiger partial charge >= 0.3 is 0 Å². The Morgan fingerprint density at radius 1 is 1.43 bits per heavy atom. The molecule has 3 rings (SSSR count). The summed E-state index contributed by atoms with van der Waals surface area (Å²) in [6.45, 7) is 0.280. The molecule has 0 aliphatic heterocycles. The minimum absolute atomic E-state index is 0.0582.